The molecule has 0 aromatic carbocycles. The van der Waals surface area contributed by atoms with Crippen molar-refractivity contribution in [2.24, 2.45) is 4.99 Å². The first-order valence-corrected chi connectivity index (χ1v) is 5.30. The lowest BCUT2D eigenvalue weighted by Crippen LogP contribution is -2.15. The molecule has 0 saturated heterocycles. The first-order valence-electron chi connectivity index (χ1n) is 3.91. The Bertz CT molecular complexity index is 134. The van der Waals surface area contributed by atoms with Crippen LogP contribution in [0.5, 0.6) is 0 Å². The van der Waals surface area contributed by atoms with Gasteiger partial charge < -0.3 is 4.43 Å². The van der Waals surface area contributed by atoms with Crippen molar-refractivity contribution in [1.82, 2.24) is 0 Å². The molecule has 4 heteroatoms. The van der Waals surface area contributed by atoms with Crippen LogP contribution in [0, 0.1) is 0 Å². The van der Waals surface area contributed by atoms with Crippen LogP contribution in [0.2, 0.25) is 0 Å². The van der Waals surface area contributed by atoms with Gasteiger partial charge in [-0.15, -0.1) is 0 Å². The lowest BCUT2D eigenvalue weighted by Gasteiger charge is -2.06. The third-order valence-electron chi connectivity index (χ3n) is 1.49. The van der Waals surface area contributed by atoms with E-state index in [1.165, 1.54) is 0 Å². The Morgan fingerprint density at radius 2 is 2.45 bits per heavy atom. The molecule has 0 aromatic rings. The van der Waals surface area contributed by atoms with Crippen molar-refractivity contribution in [1.29, 1.82) is 0 Å². The van der Waals surface area contributed by atoms with Crippen LogP contribution >= 0.6 is 0 Å². The molecule has 1 unspecified atom stereocenters. The molecular weight excluding hydrogens is 158 g/mol. The van der Waals surface area contributed by atoms with Gasteiger partial charge in [0.25, 0.3) is 0 Å². The SMILES string of the molecule is CCCCC(N=C=O)[SiH2]OC. The van der Waals surface area contributed by atoms with Gasteiger partial charge in [0.05, 0.1) is 5.67 Å². The largest absolute Gasteiger partial charge is 0.425 e. The van der Waals surface area contributed by atoms with Gasteiger partial charge >= 0.3 is 0 Å². The number of unbranched alkanes of at least 4 members (excludes halogenated alkanes) is 1. The van der Waals surface area contributed by atoms with Gasteiger partial charge in [0.2, 0.25) is 6.08 Å². The number of carbonyl (C=O) groups excluding carboxylic acids is 1. The molecule has 0 bridgehead atoms. The standard InChI is InChI=1S/C7H15NO2Si/c1-3-4-5-7(8-6-9)11-10-2/h7H,3-5,11H2,1-2H3. The minimum absolute atomic E-state index is 0.150. The normalized spacial score (nSPS) is 13.3. The fourth-order valence-corrected chi connectivity index (χ4v) is 1.88. The van der Waals surface area contributed by atoms with Gasteiger partial charge in [-0.3, -0.25) is 0 Å². The minimum Gasteiger partial charge on any atom is -0.425 e. The van der Waals surface area contributed by atoms with Crippen molar-refractivity contribution in [2.75, 3.05) is 7.11 Å². The summed E-state index contributed by atoms with van der Waals surface area (Å²) in [6, 6.07) is 0. The summed E-state index contributed by atoms with van der Waals surface area (Å²) in [6.45, 7) is 2.12. The average Bonchev–Trinajstić information content (AvgIpc) is 2.01. The average molecular weight is 173 g/mol. The van der Waals surface area contributed by atoms with E-state index in [9.17, 15) is 4.79 Å². The summed E-state index contributed by atoms with van der Waals surface area (Å²) in [6.07, 6.45) is 4.83. The maximum atomic E-state index is 9.93. The molecule has 0 aliphatic carbocycles. The molecule has 0 amide bonds. The molecule has 0 rings (SSSR count). The summed E-state index contributed by atoms with van der Waals surface area (Å²) in [7, 11) is 1.05. The molecule has 0 radical (unpaired) electrons. The zero-order valence-corrected chi connectivity index (χ0v) is 8.58. The monoisotopic (exact) mass is 173 g/mol. The lowest BCUT2D eigenvalue weighted by molar-refractivity contribution is 0.426. The van der Waals surface area contributed by atoms with Crippen molar-refractivity contribution in [2.45, 2.75) is 31.9 Å². The fraction of sp³-hybridized carbons (Fsp3) is 0.857. The van der Waals surface area contributed by atoms with E-state index < -0.39 is 9.76 Å². The molecule has 0 spiro atoms. The van der Waals surface area contributed by atoms with Gasteiger partial charge in [-0.2, -0.15) is 0 Å². The maximum absolute atomic E-state index is 9.93. The topological polar surface area (TPSA) is 38.7 Å². The van der Waals surface area contributed by atoms with E-state index in [4.69, 9.17) is 4.43 Å². The number of nitrogens with zero attached hydrogens (tertiary/aromatic N) is 1. The van der Waals surface area contributed by atoms with Gasteiger partial charge in [-0.1, -0.05) is 19.8 Å². The second kappa shape index (κ2) is 7.66. The van der Waals surface area contributed by atoms with Gasteiger partial charge in [-0.05, 0) is 6.42 Å². The number of isocyanates is 1. The van der Waals surface area contributed by atoms with Crippen LogP contribution in [0.15, 0.2) is 4.99 Å². The van der Waals surface area contributed by atoms with Crippen LogP contribution in [0.3, 0.4) is 0 Å². The summed E-state index contributed by atoms with van der Waals surface area (Å²) in [5.74, 6) is 0. The van der Waals surface area contributed by atoms with Gasteiger partial charge in [-0.25, -0.2) is 9.79 Å². The van der Waals surface area contributed by atoms with E-state index >= 15 is 0 Å². The fourth-order valence-electron chi connectivity index (χ4n) is 0.892. The molecule has 1 atom stereocenters. The molecule has 0 heterocycles. The van der Waals surface area contributed by atoms with Crippen LogP contribution in [-0.4, -0.2) is 28.6 Å². The zero-order valence-electron chi connectivity index (χ0n) is 7.17. The molecule has 3 nitrogen and oxygen atoms in total. The first kappa shape index (κ1) is 10.6. The Morgan fingerprint density at radius 3 is 2.91 bits per heavy atom. The van der Waals surface area contributed by atoms with E-state index in [1.807, 2.05) is 0 Å². The van der Waals surface area contributed by atoms with Crippen molar-refractivity contribution >= 4 is 15.8 Å². The van der Waals surface area contributed by atoms with Crippen molar-refractivity contribution in [3.63, 3.8) is 0 Å². The van der Waals surface area contributed by atoms with E-state index in [2.05, 4.69) is 11.9 Å². The Balaban J connectivity index is 3.59. The highest BCUT2D eigenvalue weighted by Crippen LogP contribution is 2.02. The molecule has 0 saturated carbocycles. The summed E-state index contributed by atoms with van der Waals surface area (Å²) >= 11 is 0. The van der Waals surface area contributed by atoms with Crippen LogP contribution < -0.4 is 0 Å². The zero-order chi connectivity index (χ0) is 8.53. The third kappa shape index (κ3) is 5.98. The van der Waals surface area contributed by atoms with E-state index in [0.29, 0.717) is 0 Å². The van der Waals surface area contributed by atoms with Crippen molar-refractivity contribution in [3.05, 3.63) is 0 Å². The molecule has 0 aromatic heterocycles. The molecular formula is C7H15NO2Si. The van der Waals surface area contributed by atoms with Crippen molar-refractivity contribution < 1.29 is 9.22 Å². The van der Waals surface area contributed by atoms with Gasteiger partial charge in [0, 0.05) is 7.11 Å². The third-order valence-corrected chi connectivity index (χ3v) is 2.79. The number of hydrogen-bond acceptors (Lipinski definition) is 3. The van der Waals surface area contributed by atoms with Crippen molar-refractivity contribution in [3.8, 4) is 0 Å². The summed E-state index contributed by atoms with van der Waals surface area (Å²) in [5, 5.41) is 0. The predicted octanol–water partition coefficient (Wildman–Crippen LogP) is 0.569. The summed E-state index contributed by atoms with van der Waals surface area (Å²) in [5.41, 5.74) is 0.150. The van der Waals surface area contributed by atoms with E-state index in [1.54, 1.807) is 13.2 Å². The molecule has 11 heavy (non-hydrogen) atoms. The maximum Gasteiger partial charge on any atom is 0.234 e. The smallest absolute Gasteiger partial charge is 0.234 e. The Kier molecular flexibility index (Phi) is 7.35. The Morgan fingerprint density at radius 1 is 1.73 bits per heavy atom. The first-order chi connectivity index (χ1) is 5.35. The number of hydrogen-bond donors (Lipinski definition) is 0. The second-order valence-corrected chi connectivity index (χ2v) is 4.32. The predicted molar refractivity (Wildman–Crippen MR) is 47.0 cm³/mol. The Labute approximate surface area is 69.8 Å². The van der Waals surface area contributed by atoms with E-state index in [0.717, 1.165) is 19.3 Å². The van der Waals surface area contributed by atoms with Crippen LogP contribution in [0.4, 0.5) is 0 Å². The molecule has 0 fully saturated rings. The summed E-state index contributed by atoms with van der Waals surface area (Å²) < 4.78 is 5.02. The quantitative estimate of drug-likeness (QED) is 0.334. The van der Waals surface area contributed by atoms with Crippen LogP contribution in [0.1, 0.15) is 26.2 Å². The highest BCUT2D eigenvalue weighted by molar-refractivity contribution is 6.29. The van der Waals surface area contributed by atoms with Gasteiger partial charge in [0.1, 0.15) is 0 Å². The number of rotatable bonds is 6. The summed E-state index contributed by atoms with van der Waals surface area (Å²) in [4.78, 5) is 13.6. The minimum atomic E-state index is -0.625. The Hall–Kier alpha value is -0.443. The molecule has 64 valence electrons. The number of aliphatic imine (C=N–C) groups is 1. The highest BCUT2D eigenvalue weighted by atomic mass is 28.2. The lowest BCUT2D eigenvalue weighted by atomic mass is 10.2. The molecule has 0 aliphatic rings. The second-order valence-electron chi connectivity index (χ2n) is 2.47. The molecule has 0 aliphatic heterocycles. The van der Waals surface area contributed by atoms with Crippen LogP contribution in [0.25, 0.3) is 0 Å². The highest BCUT2D eigenvalue weighted by Gasteiger charge is 2.05. The van der Waals surface area contributed by atoms with E-state index in [-0.39, 0.29) is 5.67 Å². The van der Waals surface area contributed by atoms with Crippen LogP contribution in [-0.2, 0) is 9.22 Å². The van der Waals surface area contributed by atoms with Gasteiger partial charge in [0.15, 0.2) is 9.76 Å². The molecule has 0 N–H and O–H groups in total.